The zero-order valence-corrected chi connectivity index (χ0v) is 18.6. The van der Waals surface area contributed by atoms with Crippen molar-refractivity contribution in [2.75, 3.05) is 0 Å². The van der Waals surface area contributed by atoms with Crippen LogP contribution in [0.4, 0.5) is 0 Å². The molecule has 0 bridgehead atoms. The first kappa shape index (κ1) is 22.5. The molecule has 4 rings (SSSR count). The second-order valence-electron chi connectivity index (χ2n) is 11.6. The first-order valence-electron chi connectivity index (χ1n) is 11.9. The predicted molar refractivity (Wildman–Crippen MR) is 111 cm³/mol. The van der Waals surface area contributed by atoms with Gasteiger partial charge in [0.25, 0.3) is 0 Å². The number of fused-ring (bicyclic) bond motifs is 5. The Hall–Kier alpha value is -0.690. The number of hydrogen-bond donors (Lipinski definition) is 5. The minimum Gasteiger partial charge on any atom is -0.479 e. The SMILES string of the molecule is CC(CC(O)C(=O)O)C1CCC2C3C(O)CC4CC(O)CCC4(C)C3CC(O)C12C. The first-order chi connectivity index (χ1) is 14.0. The Labute approximate surface area is 179 Å². The van der Waals surface area contributed by atoms with Gasteiger partial charge in [-0.05, 0) is 97.7 Å². The number of aliphatic hydroxyl groups is 4. The first-order valence-corrected chi connectivity index (χ1v) is 11.9. The zero-order valence-electron chi connectivity index (χ0n) is 18.6. The lowest BCUT2D eigenvalue weighted by atomic mass is 9.43. The second kappa shape index (κ2) is 7.72. The van der Waals surface area contributed by atoms with Gasteiger partial charge in [-0.15, -0.1) is 0 Å². The lowest BCUT2D eigenvalue weighted by molar-refractivity contribution is -0.207. The maximum absolute atomic E-state index is 11.5. The Kier molecular flexibility index (Phi) is 5.79. The molecule has 4 saturated carbocycles. The number of rotatable bonds is 4. The van der Waals surface area contributed by atoms with Crippen LogP contribution in [0.2, 0.25) is 0 Å². The fourth-order valence-electron chi connectivity index (χ4n) is 8.75. The maximum Gasteiger partial charge on any atom is 0.332 e. The summed E-state index contributed by atoms with van der Waals surface area (Å²) in [5.74, 6) is -0.144. The van der Waals surface area contributed by atoms with Crippen LogP contribution in [0.25, 0.3) is 0 Å². The van der Waals surface area contributed by atoms with Gasteiger partial charge in [0.05, 0.1) is 18.3 Å². The molecule has 4 aliphatic carbocycles. The van der Waals surface area contributed by atoms with E-state index in [-0.39, 0.29) is 52.9 Å². The number of carbonyl (C=O) groups is 1. The molecule has 5 N–H and O–H groups in total. The molecule has 0 aromatic heterocycles. The van der Waals surface area contributed by atoms with E-state index in [4.69, 9.17) is 5.11 Å². The molecule has 4 fully saturated rings. The van der Waals surface area contributed by atoms with Crippen molar-refractivity contribution in [1.29, 1.82) is 0 Å². The highest BCUT2D eigenvalue weighted by Gasteiger charge is 2.65. The lowest BCUT2D eigenvalue weighted by Crippen LogP contribution is -2.62. The number of aliphatic hydroxyl groups excluding tert-OH is 4. The largest absolute Gasteiger partial charge is 0.479 e. The molecule has 0 aromatic carbocycles. The number of hydrogen-bond acceptors (Lipinski definition) is 5. The average molecular weight is 425 g/mol. The predicted octanol–water partition coefficient (Wildman–Crippen LogP) is 2.42. The van der Waals surface area contributed by atoms with Crippen LogP contribution in [0.1, 0.15) is 72.1 Å². The van der Waals surface area contributed by atoms with Crippen LogP contribution < -0.4 is 0 Å². The minimum absolute atomic E-state index is 0.00815. The summed E-state index contributed by atoms with van der Waals surface area (Å²) in [6.45, 7) is 6.47. The summed E-state index contributed by atoms with van der Waals surface area (Å²) in [5, 5.41) is 51.9. The van der Waals surface area contributed by atoms with Crippen molar-refractivity contribution in [3.63, 3.8) is 0 Å². The van der Waals surface area contributed by atoms with Gasteiger partial charge < -0.3 is 25.5 Å². The van der Waals surface area contributed by atoms with Crippen molar-refractivity contribution in [3.8, 4) is 0 Å². The Balaban J connectivity index is 1.61. The zero-order chi connectivity index (χ0) is 22.0. The van der Waals surface area contributed by atoms with Crippen LogP contribution in [0.15, 0.2) is 0 Å². The lowest BCUT2D eigenvalue weighted by Gasteiger charge is -2.63. The quantitative estimate of drug-likeness (QED) is 0.473. The molecule has 6 heteroatoms. The summed E-state index contributed by atoms with van der Waals surface area (Å²) in [6, 6.07) is 0. The van der Waals surface area contributed by atoms with Crippen LogP contribution in [-0.4, -0.2) is 55.9 Å². The van der Waals surface area contributed by atoms with Crippen molar-refractivity contribution in [1.82, 2.24) is 0 Å². The maximum atomic E-state index is 11.5. The fourth-order valence-corrected chi connectivity index (χ4v) is 8.75. The molecule has 0 aliphatic heterocycles. The summed E-state index contributed by atoms with van der Waals surface area (Å²) in [4.78, 5) is 11.1. The van der Waals surface area contributed by atoms with E-state index in [1.54, 1.807) is 0 Å². The summed E-state index contributed by atoms with van der Waals surface area (Å²) in [6.07, 6.45) is 3.40. The molecule has 0 amide bonds. The van der Waals surface area contributed by atoms with E-state index < -0.39 is 24.3 Å². The molecular formula is C24H40O6. The Morgan fingerprint density at radius 1 is 1.03 bits per heavy atom. The summed E-state index contributed by atoms with van der Waals surface area (Å²) < 4.78 is 0. The molecular weight excluding hydrogens is 384 g/mol. The van der Waals surface area contributed by atoms with Gasteiger partial charge in [-0.3, -0.25) is 0 Å². The van der Waals surface area contributed by atoms with Crippen molar-refractivity contribution in [2.24, 2.45) is 46.3 Å². The number of aliphatic carboxylic acids is 1. The fraction of sp³-hybridized carbons (Fsp3) is 0.958. The van der Waals surface area contributed by atoms with E-state index in [1.807, 2.05) is 6.92 Å². The second-order valence-corrected chi connectivity index (χ2v) is 11.6. The summed E-state index contributed by atoms with van der Waals surface area (Å²) >= 11 is 0. The third-order valence-corrected chi connectivity index (χ3v) is 10.4. The van der Waals surface area contributed by atoms with E-state index >= 15 is 0 Å². The summed E-state index contributed by atoms with van der Waals surface area (Å²) in [7, 11) is 0. The molecule has 12 unspecified atom stereocenters. The van der Waals surface area contributed by atoms with E-state index in [9.17, 15) is 25.2 Å². The van der Waals surface area contributed by atoms with Crippen molar-refractivity contribution in [2.45, 2.75) is 96.6 Å². The molecule has 0 aromatic rings. The van der Waals surface area contributed by atoms with Crippen molar-refractivity contribution < 1.29 is 30.3 Å². The smallest absolute Gasteiger partial charge is 0.332 e. The van der Waals surface area contributed by atoms with E-state index in [0.29, 0.717) is 12.3 Å². The number of carboxylic acid groups (broad SMARTS) is 1. The van der Waals surface area contributed by atoms with Gasteiger partial charge in [0.15, 0.2) is 6.10 Å². The summed E-state index contributed by atoms with van der Waals surface area (Å²) in [5.41, 5.74) is -0.314. The Morgan fingerprint density at radius 2 is 1.73 bits per heavy atom. The van der Waals surface area contributed by atoms with Gasteiger partial charge >= 0.3 is 5.97 Å². The minimum atomic E-state index is -1.37. The van der Waals surface area contributed by atoms with Crippen LogP contribution in [0.5, 0.6) is 0 Å². The third-order valence-electron chi connectivity index (χ3n) is 10.4. The van der Waals surface area contributed by atoms with Gasteiger partial charge in [-0.25, -0.2) is 4.79 Å². The topological polar surface area (TPSA) is 118 Å². The molecule has 30 heavy (non-hydrogen) atoms. The van der Waals surface area contributed by atoms with Crippen molar-refractivity contribution in [3.05, 3.63) is 0 Å². The molecule has 0 heterocycles. The van der Waals surface area contributed by atoms with Gasteiger partial charge in [0.1, 0.15) is 0 Å². The van der Waals surface area contributed by atoms with Gasteiger partial charge in [-0.1, -0.05) is 20.8 Å². The normalized spacial score (nSPS) is 52.6. The van der Waals surface area contributed by atoms with Crippen LogP contribution in [0, 0.1) is 46.3 Å². The van der Waals surface area contributed by atoms with Gasteiger partial charge in [-0.2, -0.15) is 0 Å². The molecule has 0 radical (unpaired) electrons. The highest BCUT2D eigenvalue weighted by molar-refractivity contribution is 5.71. The number of carboxylic acids is 1. The van der Waals surface area contributed by atoms with Crippen LogP contribution >= 0.6 is 0 Å². The van der Waals surface area contributed by atoms with Crippen molar-refractivity contribution >= 4 is 5.97 Å². The van der Waals surface area contributed by atoms with E-state index in [2.05, 4.69) is 13.8 Å². The molecule has 6 nitrogen and oxygen atoms in total. The third kappa shape index (κ3) is 3.25. The monoisotopic (exact) mass is 424 g/mol. The van der Waals surface area contributed by atoms with Gasteiger partial charge in [0, 0.05) is 0 Å². The molecule has 0 saturated heterocycles. The molecule has 0 spiro atoms. The van der Waals surface area contributed by atoms with E-state index in [0.717, 1.165) is 38.5 Å². The van der Waals surface area contributed by atoms with Crippen LogP contribution in [0.3, 0.4) is 0 Å². The standard InChI is InChI=1S/C24H40O6/c1-12(8-19(27)22(29)30)15-4-5-16-21-17(11-20(28)24(15,16)3)23(2)7-6-14(25)9-13(23)10-18(21)26/h12-21,25-28H,4-11H2,1-3H3,(H,29,30). The molecule has 4 aliphatic rings. The van der Waals surface area contributed by atoms with Crippen LogP contribution in [-0.2, 0) is 4.79 Å². The Bertz CT molecular complexity index is 668. The highest BCUT2D eigenvalue weighted by atomic mass is 16.4. The average Bonchev–Trinajstić information content (AvgIpc) is 3.02. The molecule has 172 valence electrons. The molecule has 12 atom stereocenters. The highest BCUT2D eigenvalue weighted by Crippen LogP contribution is 2.68. The van der Waals surface area contributed by atoms with E-state index in [1.165, 1.54) is 0 Å². The van der Waals surface area contributed by atoms with Gasteiger partial charge in [0.2, 0.25) is 0 Å². The Morgan fingerprint density at radius 3 is 2.40 bits per heavy atom.